The van der Waals surface area contributed by atoms with Gasteiger partial charge in [-0.15, -0.1) is 0 Å². The minimum absolute atomic E-state index is 0.534. The zero-order valence-electron chi connectivity index (χ0n) is 8.77. The molecule has 2 nitrogen and oxygen atoms in total. The van der Waals surface area contributed by atoms with Crippen molar-refractivity contribution in [3.63, 3.8) is 0 Å². The van der Waals surface area contributed by atoms with Crippen LogP contribution in [0.2, 0.25) is 0 Å². The largest absolute Gasteiger partial charge is 0.489 e. The minimum atomic E-state index is 0.534. The van der Waals surface area contributed by atoms with Crippen molar-refractivity contribution in [1.82, 2.24) is 0 Å². The Hall–Kier alpha value is -1.83. The van der Waals surface area contributed by atoms with Gasteiger partial charge in [0.25, 0.3) is 0 Å². The lowest BCUT2D eigenvalue weighted by Crippen LogP contribution is -1.98. The van der Waals surface area contributed by atoms with Gasteiger partial charge >= 0.3 is 0 Å². The number of hydrogen-bond acceptors (Lipinski definition) is 2. The Bertz CT molecular complexity index is 361. The lowest BCUT2D eigenvalue weighted by Gasteiger charge is -2.05. The number of carbonyl (C=O) groups excluding carboxylic acids is 1. The van der Waals surface area contributed by atoms with Gasteiger partial charge in [-0.05, 0) is 36.8 Å². The van der Waals surface area contributed by atoms with Gasteiger partial charge < -0.3 is 4.74 Å². The molecule has 0 saturated carbocycles. The van der Waals surface area contributed by atoms with Crippen molar-refractivity contribution in [2.45, 2.75) is 6.92 Å². The van der Waals surface area contributed by atoms with Crippen LogP contribution < -0.4 is 4.74 Å². The first-order valence-corrected chi connectivity index (χ1v) is 4.72. The van der Waals surface area contributed by atoms with E-state index in [9.17, 15) is 4.79 Å². The van der Waals surface area contributed by atoms with Gasteiger partial charge in [-0.1, -0.05) is 18.7 Å². The molecule has 0 fully saturated rings. The molecular formula is C13H14O2. The fourth-order valence-corrected chi connectivity index (χ4v) is 1.09. The normalized spacial score (nSPS) is 10.9. The Morgan fingerprint density at radius 1 is 1.40 bits per heavy atom. The second-order valence-corrected chi connectivity index (χ2v) is 3.22. The minimum Gasteiger partial charge on any atom is -0.489 e. The van der Waals surface area contributed by atoms with Crippen LogP contribution in [0.25, 0.3) is 0 Å². The van der Waals surface area contributed by atoms with Crippen LogP contribution in [0.3, 0.4) is 0 Å². The summed E-state index contributed by atoms with van der Waals surface area (Å²) < 4.78 is 5.49. The average Bonchev–Trinajstić information content (AvgIpc) is 2.27. The van der Waals surface area contributed by atoms with Crippen LogP contribution in [0.15, 0.2) is 48.6 Å². The predicted octanol–water partition coefficient (Wildman–Crippen LogP) is 3.01. The van der Waals surface area contributed by atoms with Crippen LogP contribution in [0.5, 0.6) is 5.75 Å². The molecule has 0 aliphatic carbocycles. The molecule has 0 radical (unpaired) electrons. The van der Waals surface area contributed by atoms with Crippen molar-refractivity contribution in [1.29, 1.82) is 0 Å². The summed E-state index contributed by atoms with van der Waals surface area (Å²) in [5.74, 6) is 0.761. The molecule has 0 bridgehead atoms. The van der Waals surface area contributed by atoms with Crippen LogP contribution in [-0.4, -0.2) is 12.9 Å². The van der Waals surface area contributed by atoms with E-state index >= 15 is 0 Å². The zero-order chi connectivity index (χ0) is 11.1. The highest BCUT2D eigenvalue weighted by Gasteiger charge is 1.94. The van der Waals surface area contributed by atoms with Crippen molar-refractivity contribution in [3.05, 3.63) is 54.1 Å². The number of benzene rings is 1. The molecule has 2 heteroatoms. The zero-order valence-corrected chi connectivity index (χ0v) is 8.77. The molecule has 0 spiro atoms. The molecule has 15 heavy (non-hydrogen) atoms. The molecule has 0 aliphatic rings. The van der Waals surface area contributed by atoms with Gasteiger partial charge in [0, 0.05) is 5.56 Å². The SMILES string of the molecule is C=C/C=C(\C)COc1ccc(C=O)cc1. The van der Waals surface area contributed by atoms with E-state index in [1.807, 2.05) is 13.0 Å². The van der Waals surface area contributed by atoms with E-state index in [0.717, 1.165) is 17.6 Å². The number of allylic oxidation sites excluding steroid dienone is 2. The molecule has 78 valence electrons. The first-order valence-electron chi connectivity index (χ1n) is 4.72. The topological polar surface area (TPSA) is 26.3 Å². The van der Waals surface area contributed by atoms with E-state index in [4.69, 9.17) is 4.74 Å². The van der Waals surface area contributed by atoms with E-state index in [-0.39, 0.29) is 0 Å². The van der Waals surface area contributed by atoms with Crippen LogP contribution >= 0.6 is 0 Å². The van der Waals surface area contributed by atoms with E-state index in [2.05, 4.69) is 6.58 Å². The number of ether oxygens (including phenoxy) is 1. The summed E-state index contributed by atoms with van der Waals surface area (Å²) in [7, 11) is 0. The van der Waals surface area contributed by atoms with Gasteiger partial charge in [-0.2, -0.15) is 0 Å². The molecule has 0 heterocycles. The van der Waals surface area contributed by atoms with Crippen LogP contribution in [0.1, 0.15) is 17.3 Å². The smallest absolute Gasteiger partial charge is 0.150 e. The first-order chi connectivity index (χ1) is 7.26. The molecule has 0 saturated heterocycles. The summed E-state index contributed by atoms with van der Waals surface area (Å²) in [5.41, 5.74) is 1.75. The number of carbonyl (C=O) groups is 1. The van der Waals surface area contributed by atoms with Crippen molar-refractivity contribution in [3.8, 4) is 5.75 Å². The second-order valence-electron chi connectivity index (χ2n) is 3.22. The molecule has 0 aliphatic heterocycles. The highest BCUT2D eigenvalue weighted by molar-refractivity contribution is 5.74. The second kappa shape index (κ2) is 5.81. The monoisotopic (exact) mass is 202 g/mol. The van der Waals surface area contributed by atoms with Crippen molar-refractivity contribution in [2.24, 2.45) is 0 Å². The Morgan fingerprint density at radius 2 is 2.07 bits per heavy atom. The Balaban J connectivity index is 2.54. The van der Waals surface area contributed by atoms with Gasteiger partial charge in [0.05, 0.1) is 0 Å². The van der Waals surface area contributed by atoms with E-state index in [1.54, 1.807) is 30.3 Å². The maximum absolute atomic E-state index is 10.4. The maximum Gasteiger partial charge on any atom is 0.150 e. The molecule has 0 amide bonds. The Morgan fingerprint density at radius 3 is 2.60 bits per heavy atom. The van der Waals surface area contributed by atoms with E-state index in [0.29, 0.717) is 12.2 Å². The number of aldehydes is 1. The number of hydrogen-bond donors (Lipinski definition) is 0. The van der Waals surface area contributed by atoms with Crippen molar-refractivity contribution >= 4 is 6.29 Å². The summed E-state index contributed by atoms with van der Waals surface area (Å²) in [6, 6.07) is 7.03. The summed E-state index contributed by atoms with van der Waals surface area (Å²) >= 11 is 0. The molecule has 1 aromatic rings. The first kappa shape index (κ1) is 11.2. The molecule has 1 aromatic carbocycles. The van der Waals surface area contributed by atoms with Crippen molar-refractivity contribution in [2.75, 3.05) is 6.61 Å². The van der Waals surface area contributed by atoms with Gasteiger partial charge in [-0.25, -0.2) is 0 Å². The third-order valence-corrected chi connectivity index (χ3v) is 1.89. The fraction of sp³-hybridized carbons (Fsp3) is 0.154. The maximum atomic E-state index is 10.4. The molecule has 0 atom stereocenters. The lowest BCUT2D eigenvalue weighted by molar-refractivity contribution is 0.112. The third-order valence-electron chi connectivity index (χ3n) is 1.89. The van der Waals surface area contributed by atoms with Crippen LogP contribution in [-0.2, 0) is 0 Å². The highest BCUT2D eigenvalue weighted by atomic mass is 16.5. The van der Waals surface area contributed by atoms with Crippen LogP contribution in [0.4, 0.5) is 0 Å². The molecular weight excluding hydrogens is 188 g/mol. The van der Waals surface area contributed by atoms with E-state index in [1.165, 1.54) is 0 Å². The molecule has 1 rings (SSSR count). The number of rotatable bonds is 5. The van der Waals surface area contributed by atoms with Gasteiger partial charge in [0.2, 0.25) is 0 Å². The Kier molecular flexibility index (Phi) is 4.35. The Labute approximate surface area is 89.9 Å². The third kappa shape index (κ3) is 3.81. The summed E-state index contributed by atoms with van der Waals surface area (Å²) in [5, 5.41) is 0. The predicted molar refractivity (Wildman–Crippen MR) is 61.3 cm³/mol. The van der Waals surface area contributed by atoms with Gasteiger partial charge in [0.15, 0.2) is 0 Å². The molecule has 0 aromatic heterocycles. The quantitative estimate of drug-likeness (QED) is 0.542. The lowest BCUT2D eigenvalue weighted by atomic mass is 10.2. The summed E-state index contributed by atoms with van der Waals surface area (Å²) in [4.78, 5) is 10.4. The average molecular weight is 202 g/mol. The fourth-order valence-electron chi connectivity index (χ4n) is 1.09. The molecule has 0 N–H and O–H groups in total. The van der Waals surface area contributed by atoms with Gasteiger partial charge in [-0.3, -0.25) is 4.79 Å². The standard InChI is InChI=1S/C13H14O2/c1-3-4-11(2)10-15-13-7-5-12(9-14)6-8-13/h3-9H,1,10H2,2H3/b11-4+. The molecule has 0 unspecified atom stereocenters. The van der Waals surface area contributed by atoms with Crippen molar-refractivity contribution < 1.29 is 9.53 Å². The van der Waals surface area contributed by atoms with Crippen LogP contribution in [0, 0.1) is 0 Å². The highest BCUT2D eigenvalue weighted by Crippen LogP contribution is 2.11. The van der Waals surface area contributed by atoms with E-state index < -0.39 is 0 Å². The summed E-state index contributed by atoms with van der Waals surface area (Å²) in [6.45, 7) is 6.12. The van der Waals surface area contributed by atoms with Gasteiger partial charge in [0.1, 0.15) is 18.6 Å². The summed E-state index contributed by atoms with van der Waals surface area (Å²) in [6.07, 6.45) is 4.45.